The van der Waals surface area contributed by atoms with Gasteiger partial charge < -0.3 is 5.11 Å². The van der Waals surface area contributed by atoms with Gasteiger partial charge in [0.1, 0.15) is 5.82 Å². The highest BCUT2D eigenvalue weighted by atomic mass is 19.1. The van der Waals surface area contributed by atoms with Crippen LogP contribution >= 0.6 is 0 Å². The summed E-state index contributed by atoms with van der Waals surface area (Å²) in [5.41, 5.74) is 7.30. The molecule has 2 rings (SSSR count). The van der Waals surface area contributed by atoms with Gasteiger partial charge >= 0.3 is 5.97 Å². The van der Waals surface area contributed by atoms with Gasteiger partial charge in [-0.2, -0.15) is 0 Å². The van der Waals surface area contributed by atoms with Gasteiger partial charge in [0.2, 0.25) is 0 Å². The minimum Gasteiger partial charge on any atom is -0.478 e. The molecule has 0 aliphatic carbocycles. The lowest BCUT2D eigenvalue weighted by Crippen LogP contribution is -2.03. The van der Waals surface area contributed by atoms with Crippen molar-refractivity contribution in [3.05, 3.63) is 57.4 Å². The van der Waals surface area contributed by atoms with Gasteiger partial charge in [-0.3, -0.25) is 0 Å². The lowest BCUT2D eigenvalue weighted by molar-refractivity contribution is 0.0692. The minimum absolute atomic E-state index is 0.290. The highest BCUT2D eigenvalue weighted by Gasteiger charge is 2.17. The standard InChI is InChI=1S/C18H19FO2/c1-9-10(2)12(4)17(13(5)11(9)3)14-6-7-16(19)15(8-14)18(20)21/h6-8H,1-5H3,(H,20,21). The van der Waals surface area contributed by atoms with Gasteiger partial charge in [-0.1, -0.05) is 6.07 Å². The monoisotopic (exact) mass is 286 g/mol. The number of carbonyl (C=O) groups is 1. The Morgan fingerprint density at radius 3 is 1.86 bits per heavy atom. The molecule has 0 saturated heterocycles. The third-order valence-corrected chi connectivity index (χ3v) is 4.49. The molecule has 0 aromatic heterocycles. The van der Waals surface area contributed by atoms with Crippen molar-refractivity contribution in [2.75, 3.05) is 0 Å². The molecule has 0 unspecified atom stereocenters. The van der Waals surface area contributed by atoms with Crippen molar-refractivity contribution in [3.63, 3.8) is 0 Å². The summed E-state index contributed by atoms with van der Waals surface area (Å²) in [6.45, 7) is 10.2. The van der Waals surface area contributed by atoms with Gasteiger partial charge in [-0.25, -0.2) is 9.18 Å². The Bertz CT molecular complexity index is 716. The van der Waals surface area contributed by atoms with Crippen LogP contribution in [0.5, 0.6) is 0 Å². The summed E-state index contributed by atoms with van der Waals surface area (Å²) in [5.74, 6) is -1.95. The molecular formula is C18H19FO2. The molecule has 2 aromatic rings. The average Bonchev–Trinajstić information content (AvgIpc) is 2.44. The Hall–Kier alpha value is -2.16. The first kappa shape index (κ1) is 15.2. The van der Waals surface area contributed by atoms with E-state index in [4.69, 9.17) is 5.11 Å². The summed E-state index contributed by atoms with van der Waals surface area (Å²) in [4.78, 5) is 11.1. The molecule has 0 atom stereocenters. The molecule has 2 aromatic carbocycles. The third-order valence-electron chi connectivity index (χ3n) is 4.49. The van der Waals surface area contributed by atoms with Crippen LogP contribution < -0.4 is 0 Å². The summed E-state index contributed by atoms with van der Waals surface area (Å²) in [6.07, 6.45) is 0. The van der Waals surface area contributed by atoms with Gasteiger partial charge in [0.05, 0.1) is 5.56 Å². The molecule has 0 amide bonds. The number of halogens is 1. The Morgan fingerprint density at radius 1 is 0.905 bits per heavy atom. The number of aromatic carboxylic acids is 1. The zero-order chi connectivity index (χ0) is 15.9. The molecule has 1 N–H and O–H groups in total. The molecule has 0 spiro atoms. The van der Waals surface area contributed by atoms with E-state index in [1.54, 1.807) is 6.07 Å². The van der Waals surface area contributed by atoms with Crippen molar-refractivity contribution in [3.8, 4) is 11.1 Å². The first-order valence-corrected chi connectivity index (χ1v) is 6.85. The third kappa shape index (κ3) is 2.44. The van der Waals surface area contributed by atoms with E-state index in [0.717, 1.165) is 22.3 Å². The quantitative estimate of drug-likeness (QED) is 0.866. The largest absolute Gasteiger partial charge is 0.478 e. The summed E-state index contributed by atoms with van der Waals surface area (Å²) in [7, 11) is 0. The van der Waals surface area contributed by atoms with Gasteiger partial charge in [0, 0.05) is 0 Å². The smallest absolute Gasteiger partial charge is 0.338 e. The Balaban J connectivity index is 2.80. The Morgan fingerprint density at radius 2 is 1.38 bits per heavy atom. The molecule has 110 valence electrons. The molecule has 0 heterocycles. The summed E-state index contributed by atoms with van der Waals surface area (Å²) in [5, 5.41) is 9.09. The van der Waals surface area contributed by atoms with Crippen LogP contribution in [0.2, 0.25) is 0 Å². The molecule has 0 saturated carbocycles. The van der Waals surface area contributed by atoms with Gasteiger partial charge in [-0.05, 0) is 85.7 Å². The normalized spacial score (nSPS) is 10.8. The SMILES string of the molecule is Cc1c(C)c(C)c(-c2ccc(F)c(C(=O)O)c2)c(C)c1C. The maximum Gasteiger partial charge on any atom is 0.338 e. The fraction of sp³-hybridized carbons (Fsp3) is 0.278. The van der Waals surface area contributed by atoms with E-state index in [0.29, 0.717) is 0 Å². The van der Waals surface area contributed by atoms with Crippen molar-refractivity contribution in [2.24, 2.45) is 0 Å². The lowest BCUT2D eigenvalue weighted by Gasteiger charge is -2.19. The van der Waals surface area contributed by atoms with E-state index in [1.807, 2.05) is 13.8 Å². The average molecular weight is 286 g/mol. The minimum atomic E-state index is -1.25. The maximum atomic E-state index is 13.6. The van der Waals surface area contributed by atoms with Crippen LogP contribution in [0, 0.1) is 40.4 Å². The number of carboxylic acids is 1. The van der Waals surface area contributed by atoms with Crippen LogP contribution in [0.25, 0.3) is 11.1 Å². The number of benzene rings is 2. The molecule has 0 bridgehead atoms. The van der Waals surface area contributed by atoms with Crippen LogP contribution in [-0.4, -0.2) is 11.1 Å². The number of rotatable bonds is 2. The maximum absolute atomic E-state index is 13.6. The number of hydrogen-bond donors (Lipinski definition) is 1. The predicted octanol–water partition coefficient (Wildman–Crippen LogP) is 4.73. The second kappa shape index (κ2) is 5.32. The zero-order valence-corrected chi connectivity index (χ0v) is 13.0. The molecule has 3 heteroatoms. The van der Waals surface area contributed by atoms with Crippen molar-refractivity contribution in [1.82, 2.24) is 0 Å². The zero-order valence-electron chi connectivity index (χ0n) is 13.0. The van der Waals surface area contributed by atoms with Crippen LogP contribution in [0.15, 0.2) is 18.2 Å². The Kier molecular flexibility index (Phi) is 3.86. The molecular weight excluding hydrogens is 267 g/mol. The van der Waals surface area contributed by atoms with E-state index < -0.39 is 11.8 Å². The van der Waals surface area contributed by atoms with Crippen LogP contribution in [0.1, 0.15) is 38.2 Å². The second-order valence-corrected chi connectivity index (χ2v) is 5.50. The van der Waals surface area contributed by atoms with E-state index in [2.05, 4.69) is 20.8 Å². The van der Waals surface area contributed by atoms with Gasteiger partial charge in [0.15, 0.2) is 0 Å². The molecule has 0 aliphatic rings. The fourth-order valence-corrected chi connectivity index (χ4v) is 2.78. The highest BCUT2D eigenvalue weighted by molar-refractivity contribution is 5.90. The lowest BCUT2D eigenvalue weighted by atomic mass is 9.86. The number of hydrogen-bond acceptors (Lipinski definition) is 1. The molecule has 0 fully saturated rings. The fourth-order valence-electron chi connectivity index (χ4n) is 2.78. The Labute approximate surface area is 124 Å². The predicted molar refractivity (Wildman–Crippen MR) is 82.5 cm³/mol. The van der Waals surface area contributed by atoms with Crippen LogP contribution in [0.4, 0.5) is 4.39 Å². The van der Waals surface area contributed by atoms with Crippen molar-refractivity contribution >= 4 is 5.97 Å². The summed E-state index contributed by atoms with van der Waals surface area (Å²) < 4.78 is 13.6. The van der Waals surface area contributed by atoms with E-state index in [9.17, 15) is 9.18 Å². The van der Waals surface area contributed by atoms with Crippen LogP contribution in [0.3, 0.4) is 0 Å². The van der Waals surface area contributed by atoms with Crippen molar-refractivity contribution < 1.29 is 14.3 Å². The van der Waals surface area contributed by atoms with Crippen molar-refractivity contribution in [1.29, 1.82) is 0 Å². The topological polar surface area (TPSA) is 37.3 Å². The molecule has 2 nitrogen and oxygen atoms in total. The van der Waals surface area contributed by atoms with Gasteiger partial charge in [0.25, 0.3) is 0 Å². The number of carboxylic acid groups (broad SMARTS) is 1. The summed E-state index contributed by atoms with van der Waals surface area (Å²) >= 11 is 0. The van der Waals surface area contributed by atoms with Crippen LogP contribution in [-0.2, 0) is 0 Å². The highest BCUT2D eigenvalue weighted by Crippen LogP contribution is 2.34. The second-order valence-electron chi connectivity index (χ2n) is 5.50. The van der Waals surface area contributed by atoms with Crippen molar-refractivity contribution in [2.45, 2.75) is 34.6 Å². The molecule has 0 radical (unpaired) electrons. The first-order chi connectivity index (χ1) is 9.75. The van der Waals surface area contributed by atoms with E-state index in [1.165, 1.54) is 28.8 Å². The van der Waals surface area contributed by atoms with Gasteiger partial charge in [-0.15, -0.1) is 0 Å². The first-order valence-electron chi connectivity index (χ1n) is 6.85. The van der Waals surface area contributed by atoms with E-state index in [-0.39, 0.29) is 5.56 Å². The van der Waals surface area contributed by atoms with E-state index >= 15 is 0 Å². The molecule has 0 aliphatic heterocycles. The molecule has 21 heavy (non-hydrogen) atoms. The summed E-state index contributed by atoms with van der Waals surface area (Å²) in [6, 6.07) is 4.29.